The molecule has 8 nitrogen and oxygen atoms in total. The number of hydrogen-bond donors (Lipinski definition) is 2. The standard InChI is InChI=1S/C10H8N2O2S2.H2O4S.Zn/c13-11-7-3-1-5-9(11)15-16-10-6-2-4-8-12(10)14;1-5(2,3)4;/h1-8H;(H2,1,2,3,4);. The van der Waals surface area contributed by atoms with Gasteiger partial charge in [0.25, 0.3) is 10.1 Å². The van der Waals surface area contributed by atoms with E-state index in [1.807, 2.05) is 0 Å². The van der Waals surface area contributed by atoms with Gasteiger partial charge in [0, 0.05) is 65.3 Å². The molecule has 2 heterocycles. The smallest absolute Gasteiger partial charge is 0.394 e. The molecule has 0 radical (unpaired) electrons. The summed E-state index contributed by atoms with van der Waals surface area (Å²) in [5, 5.41) is 23.8. The largest absolute Gasteiger partial charge is 0.618 e. The van der Waals surface area contributed by atoms with Crippen molar-refractivity contribution >= 4 is 32.0 Å². The second-order valence-electron chi connectivity index (χ2n) is 3.34. The van der Waals surface area contributed by atoms with Gasteiger partial charge < -0.3 is 10.4 Å². The molecule has 12 heteroatoms. The molecule has 0 aromatic carbocycles. The Morgan fingerprint density at radius 3 is 1.45 bits per heavy atom. The topological polar surface area (TPSA) is 128 Å². The van der Waals surface area contributed by atoms with Gasteiger partial charge in [-0.1, -0.05) is 0 Å². The van der Waals surface area contributed by atoms with Gasteiger partial charge >= 0.3 is 10.4 Å². The molecule has 2 aromatic heterocycles. The maximum atomic E-state index is 11.3. The van der Waals surface area contributed by atoms with Crippen molar-refractivity contribution in [3.63, 3.8) is 0 Å². The average Bonchev–Trinajstić information content (AvgIpc) is 2.37. The van der Waals surface area contributed by atoms with Gasteiger partial charge in [0.1, 0.15) is 0 Å². The van der Waals surface area contributed by atoms with Crippen LogP contribution in [0.4, 0.5) is 0 Å². The van der Waals surface area contributed by atoms with Crippen LogP contribution in [0.2, 0.25) is 0 Å². The summed E-state index contributed by atoms with van der Waals surface area (Å²) in [6.45, 7) is 0. The van der Waals surface area contributed by atoms with Crippen LogP contribution in [-0.4, -0.2) is 17.5 Å². The first kappa shape index (κ1) is 21.1. The van der Waals surface area contributed by atoms with Crippen molar-refractivity contribution in [2.24, 2.45) is 0 Å². The molecule has 22 heavy (non-hydrogen) atoms. The second-order valence-corrected chi connectivity index (χ2v) is 6.41. The van der Waals surface area contributed by atoms with E-state index in [9.17, 15) is 10.4 Å². The van der Waals surface area contributed by atoms with Gasteiger partial charge in [0.05, 0.1) is 0 Å². The van der Waals surface area contributed by atoms with E-state index < -0.39 is 10.4 Å². The fourth-order valence-electron chi connectivity index (χ4n) is 1.04. The van der Waals surface area contributed by atoms with E-state index in [-0.39, 0.29) is 19.5 Å². The summed E-state index contributed by atoms with van der Waals surface area (Å²) in [4.78, 5) is 0. The van der Waals surface area contributed by atoms with Crippen LogP contribution in [0.5, 0.6) is 0 Å². The van der Waals surface area contributed by atoms with E-state index in [2.05, 4.69) is 0 Å². The Balaban J connectivity index is 0.000000644. The molecule has 0 spiro atoms. The summed E-state index contributed by atoms with van der Waals surface area (Å²) in [6, 6.07) is 10.3. The van der Waals surface area contributed by atoms with Gasteiger partial charge in [-0.3, -0.25) is 9.11 Å². The molecule has 2 N–H and O–H groups in total. The second kappa shape index (κ2) is 9.98. The van der Waals surface area contributed by atoms with Crippen molar-refractivity contribution < 1.29 is 46.5 Å². The minimum atomic E-state index is -4.67. The Morgan fingerprint density at radius 1 is 0.864 bits per heavy atom. The Kier molecular flexibility index (Phi) is 9.57. The number of pyridine rings is 2. The van der Waals surface area contributed by atoms with Crippen molar-refractivity contribution in [1.29, 1.82) is 0 Å². The number of aromatic nitrogens is 2. The van der Waals surface area contributed by atoms with Crippen LogP contribution >= 0.6 is 21.6 Å². The Labute approximate surface area is 147 Å². The monoisotopic (exact) mass is 414 g/mol. The number of rotatable bonds is 3. The summed E-state index contributed by atoms with van der Waals surface area (Å²) in [5.41, 5.74) is 0. The van der Waals surface area contributed by atoms with Crippen molar-refractivity contribution in [3.05, 3.63) is 59.2 Å². The van der Waals surface area contributed by atoms with Gasteiger partial charge in [-0.15, -0.1) is 0 Å². The summed E-state index contributed by atoms with van der Waals surface area (Å²) in [6.07, 6.45) is 2.86. The Bertz CT molecular complexity index is 647. The summed E-state index contributed by atoms with van der Waals surface area (Å²) in [5.74, 6) is 0. The molecule has 0 bridgehead atoms. The van der Waals surface area contributed by atoms with E-state index in [4.69, 9.17) is 17.5 Å². The molecule has 0 aliphatic rings. The van der Waals surface area contributed by atoms with Crippen LogP contribution in [-0.2, 0) is 29.9 Å². The molecule has 0 atom stereocenters. The SMILES string of the molecule is O=S(=O)(O)O.[O-][n+]1ccccc1SSc1cccc[n+]1[O-].[Zn]. The minimum absolute atomic E-state index is 0. The zero-order valence-electron chi connectivity index (χ0n) is 11.0. The van der Waals surface area contributed by atoms with E-state index in [1.54, 1.807) is 36.4 Å². The fourth-order valence-corrected chi connectivity index (χ4v) is 3.03. The Morgan fingerprint density at radius 2 is 1.18 bits per heavy atom. The number of hydrogen-bond acceptors (Lipinski definition) is 6. The van der Waals surface area contributed by atoms with Gasteiger partial charge in [-0.25, -0.2) is 0 Å². The van der Waals surface area contributed by atoms with E-state index in [0.717, 1.165) is 9.46 Å². The van der Waals surface area contributed by atoms with Crippen molar-refractivity contribution in [3.8, 4) is 0 Å². The molecular formula is C10H10N2O6S3Zn. The zero-order valence-corrected chi connectivity index (χ0v) is 16.4. The van der Waals surface area contributed by atoms with E-state index in [1.165, 1.54) is 34.0 Å². The van der Waals surface area contributed by atoms with E-state index in [0.29, 0.717) is 10.1 Å². The molecule has 0 aliphatic carbocycles. The van der Waals surface area contributed by atoms with Gasteiger partial charge in [0.15, 0.2) is 12.4 Å². The predicted molar refractivity (Wildman–Crippen MR) is 76.7 cm³/mol. The molecular weight excluding hydrogens is 406 g/mol. The summed E-state index contributed by atoms with van der Waals surface area (Å²) >= 11 is 0. The molecule has 0 aliphatic heterocycles. The van der Waals surface area contributed by atoms with Crippen LogP contribution < -0.4 is 9.46 Å². The molecule has 0 saturated carbocycles. The zero-order chi connectivity index (χ0) is 15.9. The van der Waals surface area contributed by atoms with E-state index >= 15 is 0 Å². The molecule has 2 aromatic rings. The van der Waals surface area contributed by atoms with Gasteiger partial charge in [-0.2, -0.15) is 17.9 Å². The van der Waals surface area contributed by atoms with Crippen LogP contribution in [0, 0.1) is 10.4 Å². The maximum Gasteiger partial charge on any atom is 0.394 e. The third kappa shape index (κ3) is 9.18. The third-order valence-electron chi connectivity index (χ3n) is 1.79. The van der Waals surface area contributed by atoms with Crippen LogP contribution in [0.15, 0.2) is 58.8 Å². The maximum absolute atomic E-state index is 11.3. The molecule has 116 valence electrons. The first-order valence-electron chi connectivity index (χ1n) is 5.18. The molecule has 0 unspecified atom stereocenters. The first-order valence-corrected chi connectivity index (χ1v) is 8.73. The number of nitrogens with zero attached hydrogens (tertiary/aromatic N) is 2. The first-order chi connectivity index (χ1) is 9.77. The fraction of sp³-hybridized carbons (Fsp3) is 0. The molecule has 0 fully saturated rings. The predicted octanol–water partition coefficient (Wildman–Crippen LogP) is 1.10. The van der Waals surface area contributed by atoms with Gasteiger partial charge in [0.2, 0.25) is 0 Å². The summed E-state index contributed by atoms with van der Waals surface area (Å²) in [7, 11) is -2.15. The normalized spacial score (nSPS) is 10.1. The Hall–Kier alpha value is -0.907. The van der Waals surface area contributed by atoms with Crippen molar-refractivity contribution in [2.75, 3.05) is 0 Å². The average molecular weight is 416 g/mol. The molecule has 0 amide bonds. The quantitative estimate of drug-likeness (QED) is 0.251. The molecule has 0 saturated heterocycles. The summed E-state index contributed by atoms with van der Waals surface area (Å²) < 4.78 is 33.1. The van der Waals surface area contributed by atoms with Crippen molar-refractivity contribution in [1.82, 2.24) is 0 Å². The van der Waals surface area contributed by atoms with Crippen LogP contribution in [0.1, 0.15) is 0 Å². The van der Waals surface area contributed by atoms with Crippen LogP contribution in [0.25, 0.3) is 0 Å². The van der Waals surface area contributed by atoms with Crippen LogP contribution in [0.3, 0.4) is 0 Å². The minimum Gasteiger partial charge on any atom is -0.618 e. The van der Waals surface area contributed by atoms with Crippen molar-refractivity contribution in [2.45, 2.75) is 10.1 Å². The molecule has 2 rings (SSSR count). The van der Waals surface area contributed by atoms with Gasteiger partial charge in [-0.05, 0) is 12.1 Å². The third-order valence-corrected chi connectivity index (χ3v) is 4.12.